The second kappa shape index (κ2) is 12.9. The highest BCUT2D eigenvalue weighted by molar-refractivity contribution is 5.80. The first-order chi connectivity index (χ1) is 15.2. The van der Waals surface area contributed by atoms with Crippen molar-refractivity contribution in [2.45, 2.75) is 116 Å². The highest BCUT2D eigenvalue weighted by Gasteiger charge is 2.24. The van der Waals surface area contributed by atoms with Gasteiger partial charge in [0.2, 0.25) is 5.91 Å². The van der Waals surface area contributed by atoms with E-state index < -0.39 is 0 Å². The van der Waals surface area contributed by atoms with E-state index >= 15 is 0 Å². The number of fused-ring (bicyclic) bond motifs is 1. The van der Waals surface area contributed by atoms with E-state index in [2.05, 4.69) is 41.9 Å². The summed E-state index contributed by atoms with van der Waals surface area (Å²) in [5, 5.41) is 3.28. The number of nitrogens with zero attached hydrogens (tertiary/aromatic N) is 2. The maximum atomic E-state index is 12.8. The lowest BCUT2D eigenvalue weighted by Gasteiger charge is -2.23. The largest absolute Gasteiger partial charge is 0.346 e. The SMILES string of the molecule is CCCCCCCCCCCn1c(C(C)NC(=O)C2CCCCC2)nc2ccccc21. The molecule has 2 aromatic rings. The normalized spacial score (nSPS) is 15.9. The number of aromatic nitrogens is 2. The van der Waals surface area contributed by atoms with Gasteiger partial charge < -0.3 is 9.88 Å². The lowest BCUT2D eigenvalue weighted by Crippen LogP contribution is -2.35. The Balaban J connectivity index is 1.54. The van der Waals surface area contributed by atoms with E-state index in [1.807, 2.05) is 6.07 Å². The fourth-order valence-electron chi connectivity index (χ4n) is 5.00. The summed E-state index contributed by atoms with van der Waals surface area (Å²) in [6.45, 7) is 5.35. The highest BCUT2D eigenvalue weighted by Crippen LogP contribution is 2.26. The molecule has 1 amide bonds. The van der Waals surface area contributed by atoms with Crippen molar-refractivity contribution >= 4 is 16.9 Å². The van der Waals surface area contributed by atoms with Crippen LogP contribution >= 0.6 is 0 Å². The van der Waals surface area contributed by atoms with Crippen LogP contribution < -0.4 is 5.32 Å². The first-order valence-electron chi connectivity index (χ1n) is 13.0. The van der Waals surface area contributed by atoms with Crippen LogP contribution in [-0.4, -0.2) is 15.5 Å². The minimum atomic E-state index is -0.0552. The number of carbonyl (C=O) groups is 1. The fourth-order valence-corrected chi connectivity index (χ4v) is 5.00. The molecule has 1 aromatic carbocycles. The summed E-state index contributed by atoms with van der Waals surface area (Å²) < 4.78 is 2.35. The van der Waals surface area contributed by atoms with Gasteiger partial charge in [-0.2, -0.15) is 0 Å². The fraction of sp³-hybridized carbons (Fsp3) is 0.704. The zero-order chi connectivity index (χ0) is 21.9. The molecule has 0 radical (unpaired) electrons. The van der Waals surface area contributed by atoms with E-state index in [-0.39, 0.29) is 17.9 Å². The molecule has 1 heterocycles. The van der Waals surface area contributed by atoms with Crippen LogP contribution in [-0.2, 0) is 11.3 Å². The number of hydrogen-bond donors (Lipinski definition) is 1. The van der Waals surface area contributed by atoms with Crippen molar-refractivity contribution in [1.82, 2.24) is 14.9 Å². The lowest BCUT2D eigenvalue weighted by atomic mass is 9.88. The standard InChI is InChI=1S/C27H43N3O/c1-3-4-5-6-7-8-9-10-16-21-30-25-20-15-14-19-24(25)29-26(30)22(2)28-27(31)23-17-12-11-13-18-23/h14-15,19-20,22-23H,3-13,16-18,21H2,1-2H3,(H,28,31). The number of unbranched alkanes of at least 4 members (excludes halogenated alkanes) is 8. The molecule has 1 aliphatic rings. The second-order valence-corrected chi connectivity index (χ2v) is 9.50. The predicted octanol–water partition coefficient (Wildman–Crippen LogP) is 7.32. The van der Waals surface area contributed by atoms with Crippen LogP contribution in [0, 0.1) is 5.92 Å². The van der Waals surface area contributed by atoms with Crippen molar-refractivity contribution in [2.75, 3.05) is 0 Å². The topological polar surface area (TPSA) is 46.9 Å². The van der Waals surface area contributed by atoms with Gasteiger partial charge in [0, 0.05) is 12.5 Å². The average Bonchev–Trinajstić information content (AvgIpc) is 3.17. The van der Waals surface area contributed by atoms with Crippen LogP contribution in [0.25, 0.3) is 11.0 Å². The first kappa shape index (κ1) is 23.8. The van der Waals surface area contributed by atoms with Crippen molar-refractivity contribution in [3.8, 4) is 0 Å². The number of para-hydroxylation sites is 2. The Bertz CT molecular complexity index is 791. The van der Waals surface area contributed by atoms with Crippen LogP contribution in [0.4, 0.5) is 0 Å². The molecule has 1 saturated carbocycles. The smallest absolute Gasteiger partial charge is 0.223 e. The van der Waals surface area contributed by atoms with E-state index in [0.29, 0.717) is 0 Å². The van der Waals surface area contributed by atoms with Crippen LogP contribution in [0.2, 0.25) is 0 Å². The van der Waals surface area contributed by atoms with Crippen LogP contribution in [0.15, 0.2) is 24.3 Å². The maximum Gasteiger partial charge on any atom is 0.223 e. The van der Waals surface area contributed by atoms with Gasteiger partial charge in [-0.3, -0.25) is 4.79 Å². The predicted molar refractivity (Wildman–Crippen MR) is 130 cm³/mol. The third kappa shape index (κ3) is 7.08. The number of hydrogen-bond acceptors (Lipinski definition) is 2. The van der Waals surface area contributed by atoms with E-state index in [0.717, 1.165) is 30.7 Å². The summed E-state index contributed by atoms with van der Waals surface area (Å²) in [5.41, 5.74) is 2.23. The molecule has 0 aliphatic heterocycles. The maximum absolute atomic E-state index is 12.8. The molecule has 172 valence electrons. The van der Waals surface area contributed by atoms with Gasteiger partial charge in [-0.25, -0.2) is 4.98 Å². The quantitative estimate of drug-likeness (QED) is 0.342. The minimum Gasteiger partial charge on any atom is -0.346 e. The molecule has 1 aliphatic carbocycles. The van der Waals surface area contributed by atoms with Crippen molar-refractivity contribution in [1.29, 1.82) is 0 Å². The lowest BCUT2D eigenvalue weighted by molar-refractivity contribution is -0.126. The molecule has 1 atom stereocenters. The van der Waals surface area contributed by atoms with Crippen LogP contribution in [0.1, 0.15) is 116 Å². The molecular formula is C27H43N3O. The van der Waals surface area contributed by atoms with Gasteiger partial charge >= 0.3 is 0 Å². The van der Waals surface area contributed by atoms with Gasteiger partial charge in [-0.1, -0.05) is 89.7 Å². The van der Waals surface area contributed by atoms with Crippen molar-refractivity contribution in [2.24, 2.45) is 5.92 Å². The summed E-state index contributed by atoms with van der Waals surface area (Å²) >= 11 is 0. The van der Waals surface area contributed by atoms with Gasteiger partial charge in [-0.05, 0) is 38.3 Å². The van der Waals surface area contributed by atoms with Crippen LogP contribution in [0.5, 0.6) is 0 Å². The zero-order valence-electron chi connectivity index (χ0n) is 19.9. The molecule has 1 fully saturated rings. The van der Waals surface area contributed by atoms with E-state index in [9.17, 15) is 4.79 Å². The Morgan fingerprint density at radius 2 is 1.65 bits per heavy atom. The third-order valence-electron chi connectivity index (χ3n) is 6.89. The summed E-state index contributed by atoms with van der Waals surface area (Å²) in [6.07, 6.45) is 17.7. The number of imidazole rings is 1. The Morgan fingerprint density at radius 1 is 1.00 bits per heavy atom. The Morgan fingerprint density at radius 3 is 2.35 bits per heavy atom. The number of carbonyl (C=O) groups excluding carboxylic acids is 1. The van der Waals surface area contributed by atoms with Gasteiger partial charge in [-0.15, -0.1) is 0 Å². The summed E-state index contributed by atoms with van der Waals surface area (Å²) in [4.78, 5) is 17.7. The number of aryl methyl sites for hydroxylation is 1. The summed E-state index contributed by atoms with van der Waals surface area (Å²) in [7, 11) is 0. The molecule has 1 unspecified atom stereocenters. The molecular weight excluding hydrogens is 382 g/mol. The summed E-state index contributed by atoms with van der Waals surface area (Å²) in [5.74, 6) is 1.41. The third-order valence-corrected chi connectivity index (χ3v) is 6.89. The van der Waals surface area contributed by atoms with Gasteiger partial charge in [0.15, 0.2) is 0 Å². The van der Waals surface area contributed by atoms with Crippen LogP contribution in [0.3, 0.4) is 0 Å². The van der Waals surface area contributed by atoms with E-state index in [4.69, 9.17) is 4.98 Å². The number of rotatable bonds is 13. The molecule has 0 saturated heterocycles. The van der Waals surface area contributed by atoms with Gasteiger partial charge in [0.05, 0.1) is 17.1 Å². The summed E-state index contributed by atoms with van der Waals surface area (Å²) in [6, 6.07) is 8.33. The Kier molecular flexibility index (Phi) is 9.89. The van der Waals surface area contributed by atoms with Gasteiger partial charge in [0.25, 0.3) is 0 Å². The minimum absolute atomic E-state index is 0.0552. The molecule has 4 heteroatoms. The molecule has 4 nitrogen and oxygen atoms in total. The molecule has 1 aromatic heterocycles. The van der Waals surface area contributed by atoms with E-state index in [1.54, 1.807) is 0 Å². The molecule has 3 rings (SSSR count). The van der Waals surface area contributed by atoms with Crippen molar-refractivity contribution in [3.05, 3.63) is 30.1 Å². The van der Waals surface area contributed by atoms with E-state index in [1.165, 1.54) is 82.6 Å². The average molecular weight is 426 g/mol. The number of nitrogens with one attached hydrogen (secondary N) is 1. The van der Waals surface area contributed by atoms with Crippen molar-refractivity contribution < 1.29 is 4.79 Å². The Labute approximate surface area is 189 Å². The monoisotopic (exact) mass is 425 g/mol. The zero-order valence-corrected chi connectivity index (χ0v) is 19.9. The molecule has 0 bridgehead atoms. The first-order valence-corrected chi connectivity index (χ1v) is 13.0. The number of amides is 1. The Hall–Kier alpha value is -1.84. The highest BCUT2D eigenvalue weighted by atomic mass is 16.1. The second-order valence-electron chi connectivity index (χ2n) is 9.50. The molecule has 1 N–H and O–H groups in total. The van der Waals surface area contributed by atoms with Gasteiger partial charge in [0.1, 0.15) is 5.82 Å². The molecule has 31 heavy (non-hydrogen) atoms. The number of benzene rings is 1. The van der Waals surface area contributed by atoms with Crippen molar-refractivity contribution in [3.63, 3.8) is 0 Å². The molecule has 0 spiro atoms.